The molecule has 1 aromatic rings. The van der Waals surface area contributed by atoms with Crippen molar-refractivity contribution in [2.24, 2.45) is 0 Å². The molecule has 0 aliphatic carbocycles. The van der Waals surface area contributed by atoms with Gasteiger partial charge < -0.3 is 25.3 Å². The van der Waals surface area contributed by atoms with E-state index in [2.05, 4.69) is 5.32 Å². The van der Waals surface area contributed by atoms with E-state index in [1.165, 1.54) is 0 Å². The van der Waals surface area contributed by atoms with Gasteiger partial charge in [0.15, 0.2) is 0 Å². The largest absolute Gasteiger partial charge is 0.548 e. The van der Waals surface area contributed by atoms with Crippen LogP contribution in [0.15, 0.2) is 30.3 Å². The number of ether oxygens (including phenoxy) is 1. The molecule has 2 N–H and O–H groups in total. The number of nitrogens with one attached hydrogen (secondary N) is 2. The second kappa shape index (κ2) is 7.70. The van der Waals surface area contributed by atoms with E-state index in [0.717, 1.165) is 5.56 Å². The first-order valence-electron chi connectivity index (χ1n) is 5.49. The van der Waals surface area contributed by atoms with Crippen LogP contribution in [-0.4, -0.2) is 31.1 Å². The van der Waals surface area contributed by atoms with E-state index in [1.54, 1.807) is 12.1 Å². The topological polar surface area (TPSA) is 108 Å². The van der Waals surface area contributed by atoms with Crippen LogP contribution in [-0.2, 0) is 20.9 Å². The second-order valence-electron chi connectivity index (χ2n) is 3.56. The van der Waals surface area contributed by atoms with Gasteiger partial charge in [-0.1, -0.05) is 30.3 Å². The van der Waals surface area contributed by atoms with Gasteiger partial charge in [-0.25, -0.2) is 4.79 Å². The van der Waals surface area contributed by atoms with Gasteiger partial charge in [-0.15, -0.1) is 0 Å². The minimum atomic E-state index is -1.40. The monoisotopic (exact) mass is 265 g/mol. The summed E-state index contributed by atoms with van der Waals surface area (Å²) in [5.41, 5.74) is 0.819. The Bertz CT molecular complexity index is 447. The number of hydrogen-bond donors (Lipinski definition) is 2. The predicted molar refractivity (Wildman–Crippen MR) is 62.6 cm³/mol. The molecule has 0 bridgehead atoms. The number of alkyl carbamates (subject to hydrolysis) is 1. The van der Waals surface area contributed by atoms with E-state index in [1.807, 2.05) is 23.5 Å². The molecule has 0 aromatic heterocycles. The van der Waals surface area contributed by atoms with Crippen molar-refractivity contribution in [1.82, 2.24) is 10.6 Å². The summed E-state index contributed by atoms with van der Waals surface area (Å²) in [6, 6.07) is 9.04. The van der Waals surface area contributed by atoms with Gasteiger partial charge in [-0.2, -0.15) is 0 Å². The van der Waals surface area contributed by atoms with E-state index in [-0.39, 0.29) is 13.2 Å². The fraction of sp³-hybridized carbons (Fsp3) is 0.250. The van der Waals surface area contributed by atoms with Crippen molar-refractivity contribution in [1.29, 1.82) is 0 Å². The van der Waals surface area contributed by atoms with Crippen LogP contribution < -0.4 is 15.7 Å². The molecule has 1 rings (SSSR count). The Morgan fingerprint density at radius 3 is 2.37 bits per heavy atom. The molecule has 0 saturated carbocycles. The molecule has 1 aromatic carbocycles. The second-order valence-corrected chi connectivity index (χ2v) is 3.56. The Balaban J connectivity index is 2.17. The van der Waals surface area contributed by atoms with Crippen molar-refractivity contribution in [2.45, 2.75) is 6.61 Å². The lowest BCUT2D eigenvalue weighted by molar-refractivity contribution is -0.304. The zero-order valence-corrected chi connectivity index (χ0v) is 10.0. The quantitative estimate of drug-likeness (QED) is 0.670. The Hall–Kier alpha value is -2.57. The first kappa shape index (κ1) is 14.5. The summed E-state index contributed by atoms with van der Waals surface area (Å²) in [4.78, 5) is 32.3. The number of rotatable bonds is 6. The highest BCUT2D eigenvalue weighted by Crippen LogP contribution is 2.00. The van der Waals surface area contributed by atoms with Gasteiger partial charge in [-0.05, 0) is 5.56 Å². The molecule has 0 aliphatic rings. The number of carboxylic acids is 1. The summed E-state index contributed by atoms with van der Waals surface area (Å²) in [7, 11) is 0. The fourth-order valence-electron chi connectivity index (χ4n) is 1.16. The average Bonchev–Trinajstić information content (AvgIpc) is 2.41. The Morgan fingerprint density at radius 1 is 1.05 bits per heavy atom. The van der Waals surface area contributed by atoms with Crippen LogP contribution in [0.5, 0.6) is 0 Å². The lowest BCUT2D eigenvalue weighted by atomic mass is 10.2. The molecule has 0 atom stereocenters. The third kappa shape index (κ3) is 6.67. The minimum Gasteiger partial charge on any atom is -0.548 e. The summed E-state index contributed by atoms with van der Waals surface area (Å²) >= 11 is 0. The molecular formula is C12H13N2O5-. The van der Waals surface area contributed by atoms with Crippen LogP contribution in [0, 0.1) is 0 Å². The number of carbonyl (C=O) groups is 3. The molecule has 102 valence electrons. The minimum absolute atomic E-state index is 0.0906. The first-order chi connectivity index (χ1) is 9.08. The summed E-state index contributed by atoms with van der Waals surface area (Å²) in [5, 5.41) is 14.3. The van der Waals surface area contributed by atoms with Crippen LogP contribution in [0.2, 0.25) is 0 Å². The van der Waals surface area contributed by atoms with Crippen LogP contribution in [0.3, 0.4) is 0 Å². The maximum atomic E-state index is 11.2. The number of aliphatic carboxylic acids is 1. The van der Waals surface area contributed by atoms with Crippen molar-refractivity contribution in [2.75, 3.05) is 13.1 Å². The molecule has 0 unspecified atom stereocenters. The van der Waals surface area contributed by atoms with Gasteiger partial charge in [0, 0.05) is 0 Å². The summed E-state index contributed by atoms with van der Waals surface area (Å²) in [6.07, 6.45) is -0.757. The van der Waals surface area contributed by atoms with E-state index in [4.69, 9.17) is 4.74 Å². The van der Waals surface area contributed by atoms with Crippen molar-refractivity contribution in [3.8, 4) is 0 Å². The molecular weight excluding hydrogens is 252 g/mol. The summed E-state index contributed by atoms with van der Waals surface area (Å²) < 4.78 is 4.85. The highest BCUT2D eigenvalue weighted by atomic mass is 16.5. The van der Waals surface area contributed by atoms with E-state index < -0.39 is 24.5 Å². The Kier molecular flexibility index (Phi) is 5.87. The van der Waals surface area contributed by atoms with Gasteiger partial charge in [0.2, 0.25) is 5.91 Å². The predicted octanol–water partition coefficient (Wildman–Crippen LogP) is -1.22. The van der Waals surface area contributed by atoms with E-state index in [0.29, 0.717) is 0 Å². The summed E-state index contributed by atoms with van der Waals surface area (Å²) in [6.45, 7) is -0.867. The van der Waals surface area contributed by atoms with Gasteiger partial charge in [-0.3, -0.25) is 4.79 Å². The SMILES string of the molecule is O=C([O-])CNC(=O)CNC(=O)OCc1ccccc1. The van der Waals surface area contributed by atoms with Crippen molar-refractivity contribution in [3.63, 3.8) is 0 Å². The molecule has 0 heterocycles. The van der Waals surface area contributed by atoms with Gasteiger partial charge in [0.05, 0.1) is 12.5 Å². The van der Waals surface area contributed by atoms with E-state index in [9.17, 15) is 19.5 Å². The first-order valence-corrected chi connectivity index (χ1v) is 5.49. The number of benzene rings is 1. The van der Waals surface area contributed by atoms with E-state index >= 15 is 0 Å². The van der Waals surface area contributed by atoms with Crippen molar-refractivity contribution < 1.29 is 24.2 Å². The molecule has 19 heavy (non-hydrogen) atoms. The summed E-state index contributed by atoms with van der Waals surface area (Å²) in [5.74, 6) is -2.04. The normalized spacial score (nSPS) is 9.47. The van der Waals surface area contributed by atoms with Crippen molar-refractivity contribution >= 4 is 18.0 Å². The van der Waals surface area contributed by atoms with Gasteiger partial charge in [0.25, 0.3) is 0 Å². The lowest BCUT2D eigenvalue weighted by Gasteiger charge is -2.08. The standard InChI is InChI=1S/C12H14N2O5/c15-10(13-7-11(16)17)6-14-12(18)19-8-9-4-2-1-3-5-9/h1-5H,6-8H2,(H,13,15)(H,14,18)(H,16,17)/p-1. The number of carbonyl (C=O) groups excluding carboxylic acids is 3. The smallest absolute Gasteiger partial charge is 0.407 e. The molecule has 0 radical (unpaired) electrons. The van der Waals surface area contributed by atoms with Crippen LogP contribution in [0.1, 0.15) is 5.56 Å². The molecule has 7 heteroatoms. The van der Waals surface area contributed by atoms with Gasteiger partial charge >= 0.3 is 6.09 Å². The highest BCUT2D eigenvalue weighted by molar-refractivity contribution is 5.84. The Morgan fingerprint density at radius 2 is 1.74 bits per heavy atom. The number of amides is 2. The average molecular weight is 265 g/mol. The number of carboxylic acid groups (broad SMARTS) is 1. The molecule has 0 aliphatic heterocycles. The lowest BCUT2D eigenvalue weighted by Crippen LogP contribution is -2.42. The molecule has 0 spiro atoms. The highest BCUT2D eigenvalue weighted by Gasteiger charge is 2.05. The van der Waals surface area contributed by atoms with Gasteiger partial charge in [0.1, 0.15) is 13.2 Å². The van der Waals surface area contributed by atoms with Crippen molar-refractivity contribution in [3.05, 3.63) is 35.9 Å². The zero-order chi connectivity index (χ0) is 14.1. The zero-order valence-electron chi connectivity index (χ0n) is 10.0. The van der Waals surface area contributed by atoms with Crippen LogP contribution >= 0.6 is 0 Å². The third-order valence-electron chi connectivity index (χ3n) is 2.04. The Labute approximate surface area is 109 Å². The number of hydrogen-bond acceptors (Lipinski definition) is 5. The van der Waals surface area contributed by atoms with Crippen LogP contribution in [0.25, 0.3) is 0 Å². The maximum Gasteiger partial charge on any atom is 0.407 e. The molecule has 2 amide bonds. The maximum absolute atomic E-state index is 11.2. The van der Waals surface area contributed by atoms with Crippen LogP contribution in [0.4, 0.5) is 4.79 Å². The molecule has 7 nitrogen and oxygen atoms in total. The molecule has 0 fully saturated rings. The fourth-order valence-corrected chi connectivity index (χ4v) is 1.16. The third-order valence-corrected chi connectivity index (χ3v) is 2.04. The molecule has 0 saturated heterocycles.